The highest BCUT2D eigenvalue weighted by Crippen LogP contribution is 2.10. The molecule has 0 atom stereocenters. The van der Waals surface area contributed by atoms with Crippen LogP contribution in [-0.4, -0.2) is 31.1 Å². The molecule has 0 unspecified atom stereocenters. The molecule has 0 aliphatic carbocycles. The van der Waals surface area contributed by atoms with Crippen molar-refractivity contribution in [2.24, 2.45) is 7.05 Å². The van der Waals surface area contributed by atoms with Crippen LogP contribution in [-0.2, 0) is 18.3 Å². The first-order valence-corrected chi connectivity index (χ1v) is 4.53. The predicted octanol–water partition coefficient (Wildman–Crippen LogP) is 0.380. The third-order valence-corrected chi connectivity index (χ3v) is 2.15. The highest BCUT2D eigenvalue weighted by Gasteiger charge is 2.05. The van der Waals surface area contributed by atoms with Gasteiger partial charge in [-0.2, -0.15) is 0 Å². The van der Waals surface area contributed by atoms with E-state index in [0.29, 0.717) is 6.42 Å². The Kier molecular flexibility index (Phi) is 2.32. The van der Waals surface area contributed by atoms with E-state index in [4.69, 9.17) is 5.11 Å². The minimum atomic E-state index is -0.823. The van der Waals surface area contributed by atoms with Crippen molar-refractivity contribution in [2.45, 2.75) is 12.8 Å². The Bertz CT molecular complexity index is 506. The quantitative estimate of drug-likeness (QED) is 0.785. The van der Waals surface area contributed by atoms with Gasteiger partial charge in [-0.05, 0) is 6.07 Å². The Morgan fingerprint density at radius 2 is 2.40 bits per heavy atom. The molecule has 15 heavy (non-hydrogen) atoms. The fourth-order valence-corrected chi connectivity index (χ4v) is 1.34. The third kappa shape index (κ3) is 1.93. The number of aromatic nitrogens is 4. The molecule has 0 aromatic carbocycles. The molecule has 2 aromatic rings. The lowest BCUT2D eigenvalue weighted by Gasteiger charge is -1.97. The molecule has 78 valence electrons. The van der Waals surface area contributed by atoms with Crippen LogP contribution in [0.15, 0.2) is 12.3 Å². The summed E-state index contributed by atoms with van der Waals surface area (Å²) in [7, 11) is 1.79. The zero-order valence-corrected chi connectivity index (χ0v) is 8.21. The van der Waals surface area contributed by atoms with E-state index in [9.17, 15) is 4.79 Å². The Morgan fingerprint density at radius 1 is 1.60 bits per heavy atom. The minimum absolute atomic E-state index is 0.0821. The van der Waals surface area contributed by atoms with Gasteiger partial charge in [-0.3, -0.25) is 9.78 Å². The average molecular weight is 206 g/mol. The lowest BCUT2D eigenvalue weighted by Crippen LogP contribution is -1.99. The van der Waals surface area contributed by atoms with Crippen LogP contribution in [0.25, 0.3) is 11.0 Å². The molecule has 0 amide bonds. The second-order valence-corrected chi connectivity index (χ2v) is 3.27. The second kappa shape index (κ2) is 3.64. The molecule has 0 spiro atoms. The van der Waals surface area contributed by atoms with Gasteiger partial charge < -0.3 is 5.11 Å². The second-order valence-electron chi connectivity index (χ2n) is 3.27. The number of carboxylic acid groups (broad SMARTS) is 1. The van der Waals surface area contributed by atoms with Gasteiger partial charge >= 0.3 is 5.97 Å². The number of pyridine rings is 1. The fraction of sp³-hybridized carbons (Fsp3) is 0.333. The molecule has 0 radical (unpaired) electrons. The van der Waals surface area contributed by atoms with Crippen LogP contribution in [0.2, 0.25) is 0 Å². The molecule has 1 N–H and O–H groups in total. The van der Waals surface area contributed by atoms with Crippen molar-refractivity contribution in [2.75, 3.05) is 0 Å². The molecule has 0 aliphatic rings. The lowest BCUT2D eigenvalue weighted by atomic mass is 10.2. The summed E-state index contributed by atoms with van der Waals surface area (Å²) >= 11 is 0. The number of fused-ring (bicyclic) bond motifs is 1. The van der Waals surface area contributed by atoms with Gasteiger partial charge in [0.25, 0.3) is 0 Å². The van der Waals surface area contributed by atoms with Crippen LogP contribution < -0.4 is 0 Å². The number of hydrogen-bond donors (Lipinski definition) is 1. The molecule has 0 saturated carbocycles. The van der Waals surface area contributed by atoms with Crippen LogP contribution in [0.1, 0.15) is 12.1 Å². The molecule has 0 bridgehead atoms. The van der Waals surface area contributed by atoms with Gasteiger partial charge in [0.2, 0.25) is 0 Å². The first-order chi connectivity index (χ1) is 7.16. The summed E-state index contributed by atoms with van der Waals surface area (Å²) < 4.78 is 1.63. The van der Waals surface area contributed by atoms with Crippen molar-refractivity contribution >= 4 is 17.0 Å². The van der Waals surface area contributed by atoms with E-state index in [0.717, 1.165) is 16.7 Å². The largest absolute Gasteiger partial charge is 0.481 e. The molecular formula is C9H10N4O2. The number of rotatable bonds is 3. The van der Waals surface area contributed by atoms with Crippen molar-refractivity contribution in [1.29, 1.82) is 0 Å². The zero-order valence-electron chi connectivity index (χ0n) is 8.21. The van der Waals surface area contributed by atoms with Crippen molar-refractivity contribution < 1.29 is 9.90 Å². The molecule has 0 aliphatic heterocycles. The first kappa shape index (κ1) is 9.57. The van der Waals surface area contributed by atoms with Crippen LogP contribution in [0.4, 0.5) is 0 Å². The van der Waals surface area contributed by atoms with Gasteiger partial charge in [-0.15, -0.1) is 5.10 Å². The summed E-state index contributed by atoms with van der Waals surface area (Å²) in [6, 6.07) is 1.77. The molecule has 6 heteroatoms. The van der Waals surface area contributed by atoms with Gasteiger partial charge in [0.15, 0.2) is 0 Å². The van der Waals surface area contributed by atoms with Crippen LogP contribution in [0, 0.1) is 0 Å². The Balaban J connectivity index is 2.27. The molecule has 2 heterocycles. The van der Waals surface area contributed by atoms with Gasteiger partial charge in [-0.25, -0.2) is 4.68 Å². The van der Waals surface area contributed by atoms with Crippen LogP contribution in [0.5, 0.6) is 0 Å². The molecule has 0 fully saturated rings. The maximum Gasteiger partial charge on any atom is 0.303 e. The van der Waals surface area contributed by atoms with Gasteiger partial charge in [0, 0.05) is 19.2 Å². The van der Waals surface area contributed by atoms with E-state index in [1.807, 2.05) is 0 Å². The SMILES string of the molecule is Cn1nnc2cc(CCC(=O)O)ncc21. The fourth-order valence-electron chi connectivity index (χ4n) is 1.34. The summed E-state index contributed by atoms with van der Waals surface area (Å²) in [6.07, 6.45) is 2.16. The van der Waals surface area contributed by atoms with Crippen molar-refractivity contribution in [3.8, 4) is 0 Å². The summed E-state index contributed by atoms with van der Waals surface area (Å²) in [5.41, 5.74) is 2.31. The summed E-state index contributed by atoms with van der Waals surface area (Å²) in [6.45, 7) is 0. The van der Waals surface area contributed by atoms with Crippen molar-refractivity contribution in [3.05, 3.63) is 18.0 Å². The molecule has 2 aromatic heterocycles. The van der Waals surface area contributed by atoms with Gasteiger partial charge in [0.05, 0.1) is 12.6 Å². The Morgan fingerprint density at radius 3 is 3.13 bits per heavy atom. The first-order valence-electron chi connectivity index (χ1n) is 4.53. The maximum absolute atomic E-state index is 10.4. The van der Waals surface area contributed by atoms with Crippen molar-refractivity contribution in [3.63, 3.8) is 0 Å². The predicted molar refractivity (Wildman–Crippen MR) is 52.3 cm³/mol. The van der Waals surface area contributed by atoms with Gasteiger partial charge in [0.1, 0.15) is 11.0 Å². The number of aliphatic carboxylic acids is 1. The smallest absolute Gasteiger partial charge is 0.303 e. The topological polar surface area (TPSA) is 80.9 Å². The standard InChI is InChI=1S/C9H10N4O2/c1-13-8-5-10-6(2-3-9(14)15)4-7(8)11-12-13/h4-5H,2-3H2,1H3,(H,14,15). The number of hydrogen-bond acceptors (Lipinski definition) is 4. The number of carboxylic acids is 1. The molecular weight excluding hydrogens is 196 g/mol. The Labute approximate surface area is 85.5 Å². The van der Waals surface area contributed by atoms with E-state index in [1.54, 1.807) is 24.0 Å². The summed E-state index contributed by atoms with van der Waals surface area (Å²) in [5.74, 6) is -0.823. The van der Waals surface area contributed by atoms with Gasteiger partial charge in [-0.1, -0.05) is 5.21 Å². The van der Waals surface area contributed by atoms with E-state index < -0.39 is 5.97 Å². The Hall–Kier alpha value is -1.98. The number of aryl methyl sites for hydroxylation is 2. The average Bonchev–Trinajstić information content (AvgIpc) is 2.57. The molecule has 2 rings (SSSR count). The monoisotopic (exact) mass is 206 g/mol. The van der Waals surface area contributed by atoms with Crippen LogP contribution >= 0.6 is 0 Å². The maximum atomic E-state index is 10.4. The normalized spacial score (nSPS) is 10.7. The highest BCUT2D eigenvalue weighted by atomic mass is 16.4. The third-order valence-electron chi connectivity index (χ3n) is 2.15. The lowest BCUT2D eigenvalue weighted by molar-refractivity contribution is -0.136. The number of carbonyl (C=O) groups is 1. The van der Waals surface area contributed by atoms with Crippen LogP contribution in [0.3, 0.4) is 0 Å². The highest BCUT2D eigenvalue weighted by molar-refractivity contribution is 5.73. The summed E-state index contributed by atoms with van der Waals surface area (Å²) in [5, 5.41) is 16.3. The minimum Gasteiger partial charge on any atom is -0.481 e. The number of nitrogens with zero attached hydrogens (tertiary/aromatic N) is 4. The molecule has 0 saturated heterocycles. The van der Waals surface area contributed by atoms with E-state index >= 15 is 0 Å². The van der Waals surface area contributed by atoms with E-state index in [2.05, 4.69) is 15.3 Å². The zero-order chi connectivity index (χ0) is 10.8. The van der Waals surface area contributed by atoms with E-state index in [1.165, 1.54) is 0 Å². The van der Waals surface area contributed by atoms with Crippen molar-refractivity contribution in [1.82, 2.24) is 20.0 Å². The van der Waals surface area contributed by atoms with E-state index in [-0.39, 0.29) is 6.42 Å². The summed E-state index contributed by atoms with van der Waals surface area (Å²) in [4.78, 5) is 14.5. The molecule has 6 nitrogen and oxygen atoms in total.